The van der Waals surface area contributed by atoms with Gasteiger partial charge in [-0.3, -0.25) is 0 Å². The molecule has 3 rings (SSSR count). The van der Waals surface area contributed by atoms with Crippen LogP contribution in [0.15, 0.2) is 71.6 Å². The first-order chi connectivity index (χ1) is 14.4. The lowest BCUT2D eigenvalue weighted by molar-refractivity contribution is 0.288. The van der Waals surface area contributed by atoms with Gasteiger partial charge in [-0.15, -0.1) is 0 Å². The minimum Gasteiger partial charge on any atom is -0.396 e. The predicted octanol–water partition coefficient (Wildman–Crippen LogP) is 5.78. The Bertz CT molecular complexity index is 1030. The number of aliphatic hydroxyl groups excluding tert-OH is 1. The van der Waals surface area contributed by atoms with Crippen molar-refractivity contribution < 1.29 is 18.1 Å². The van der Waals surface area contributed by atoms with Crippen LogP contribution in [0.4, 0.5) is 14.5 Å². The van der Waals surface area contributed by atoms with Gasteiger partial charge in [0.25, 0.3) is 0 Å². The maximum Gasteiger partial charge on any atom is 0.200 e. The molecule has 3 aromatic rings. The van der Waals surface area contributed by atoms with Crippen LogP contribution in [0.1, 0.15) is 30.5 Å². The fourth-order valence-electron chi connectivity index (χ4n) is 3.39. The molecule has 0 spiro atoms. The molecule has 0 heterocycles. The molecule has 0 saturated carbocycles. The maximum absolute atomic E-state index is 14.7. The van der Waals surface area contributed by atoms with E-state index in [2.05, 4.69) is 0 Å². The van der Waals surface area contributed by atoms with E-state index in [0.29, 0.717) is 22.8 Å². The van der Waals surface area contributed by atoms with Gasteiger partial charge in [0, 0.05) is 17.7 Å². The Morgan fingerprint density at radius 3 is 2.47 bits per heavy atom. The first-order valence-electron chi connectivity index (χ1n) is 9.58. The van der Waals surface area contributed by atoms with Gasteiger partial charge in [-0.1, -0.05) is 40.1 Å². The molecule has 1 unspecified atom stereocenters. The Morgan fingerprint density at radius 2 is 1.77 bits per heavy atom. The molecule has 0 radical (unpaired) electrons. The highest BCUT2D eigenvalue weighted by Crippen LogP contribution is 2.35. The summed E-state index contributed by atoms with van der Waals surface area (Å²) in [5.41, 5.74) is 1.72. The van der Waals surface area contributed by atoms with Crippen molar-refractivity contribution in [2.75, 3.05) is 10.9 Å². The van der Waals surface area contributed by atoms with Gasteiger partial charge < -0.3 is 5.11 Å². The van der Waals surface area contributed by atoms with Crippen molar-refractivity contribution in [2.24, 2.45) is 0 Å². The zero-order chi connectivity index (χ0) is 21.7. The molecule has 3 nitrogen and oxygen atoms in total. The van der Waals surface area contributed by atoms with Gasteiger partial charge in [-0.05, 0) is 67.3 Å². The van der Waals surface area contributed by atoms with Gasteiger partial charge in [-0.2, -0.15) is 4.31 Å². The molecule has 7 heteroatoms. The zero-order valence-electron chi connectivity index (χ0n) is 16.4. The van der Waals surface area contributed by atoms with E-state index in [4.69, 9.17) is 11.6 Å². The molecule has 0 amide bonds. The summed E-state index contributed by atoms with van der Waals surface area (Å²) in [6.45, 7) is 1.86. The van der Waals surface area contributed by atoms with E-state index in [0.717, 1.165) is 29.3 Å². The van der Waals surface area contributed by atoms with E-state index < -0.39 is 28.7 Å². The number of aliphatic hydroxyl groups is 1. The number of hydrogen-bond acceptors (Lipinski definition) is 2. The number of rotatable bonds is 8. The number of aryl methyl sites for hydroxylation is 1. The Balaban J connectivity index is 2.11. The van der Waals surface area contributed by atoms with E-state index in [1.54, 1.807) is 24.3 Å². The fraction of sp³-hybridized carbons (Fsp3) is 0.217. The molecule has 158 valence electrons. The second-order valence-corrected chi connectivity index (χ2v) is 8.82. The SMILES string of the molecule is C[C@H](c1ccccc1CCCO)N(c1cc(F)ccc1F)[SH+](=O)c1ccc(Cl)cc1. The maximum atomic E-state index is 14.7. The van der Waals surface area contributed by atoms with Gasteiger partial charge in [-0.25, -0.2) is 8.78 Å². The largest absolute Gasteiger partial charge is 0.396 e. The normalized spacial score (nSPS) is 13.1. The van der Waals surface area contributed by atoms with Gasteiger partial charge in [0.2, 0.25) is 0 Å². The highest BCUT2D eigenvalue weighted by molar-refractivity contribution is 7.86. The van der Waals surface area contributed by atoms with Crippen LogP contribution < -0.4 is 4.31 Å². The average Bonchev–Trinajstić information content (AvgIpc) is 2.75. The van der Waals surface area contributed by atoms with E-state index >= 15 is 0 Å². The molecule has 0 saturated heterocycles. The highest BCUT2D eigenvalue weighted by atomic mass is 35.5. The minimum atomic E-state index is -2.28. The number of anilines is 1. The summed E-state index contributed by atoms with van der Waals surface area (Å²) in [7, 11) is -2.28. The van der Waals surface area contributed by atoms with Crippen LogP contribution in [0.3, 0.4) is 0 Å². The molecule has 0 fully saturated rings. The molecule has 2 atom stereocenters. The van der Waals surface area contributed by atoms with Crippen molar-refractivity contribution in [1.29, 1.82) is 0 Å². The second-order valence-electron chi connectivity index (χ2n) is 6.89. The summed E-state index contributed by atoms with van der Waals surface area (Å²) >= 11 is 5.95. The van der Waals surface area contributed by atoms with Crippen molar-refractivity contribution in [2.45, 2.75) is 30.7 Å². The summed E-state index contributed by atoms with van der Waals surface area (Å²) in [5, 5.41) is 9.70. The quantitative estimate of drug-likeness (QED) is 0.349. The number of thiol groups is 1. The Hall–Kier alpha value is -2.28. The Labute approximate surface area is 182 Å². The molecular formula is C23H23ClF2NO2S+. The van der Waals surface area contributed by atoms with Crippen molar-refractivity contribution in [1.82, 2.24) is 0 Å². The molecular weight excluding hydrogens is 428 g/mol. The van der Waals surface area contributed by atoms with Crippen LogP contribution in [-0.2, 0) is 21.6 Å². The van der Waals surface area contributed by atoms with Crippen LogP contribution in [0.5, 0.6) is 0 Å². The summed E-state index contributed by atoms with van der Waals surface area (Å²) in [4.78, 5) is 0.456. The van der Waals surface area contributed by atoms with Crippen molar-refractivity contribution in [3.63, 3.8) is 0 Å². The lowest BCUT2D eigenvalue weighted by Crippen LogP contribution is -2.30. The molecule has 0 aromatic heterocycles. The monoisotopic (exact) mass is 450 g/mol. The van der Waals surface area contributed by atoms with Crippen LogP contribution in [-0.4, -0.2) is 11.7 Å². The molecule has 30 heavy (non-hydrogen) atoms. The van der Waals surface area contributed by atoms with Crippen LogP contribution in [0, 0.1) is 11.6 Å². The molecule has 0 aliphatic heterocycles. The smallest absolute Gasteiger partial charge is 0.200 e. The molecule has 0 bridgehead atoms. The number of hydrogen-bond donors (Lipinski definition) is 1. The topological polar surface area (TPSA) is 40.5 Å². The van der Waals surface area contributed by atoms with E-state index in [9.17, 15) is 18.1 Å². The number of benzene rings is 3. The fourth-order valence-corrected chi connectivity index (χ4v) is 4.96. The average molecular weight is 451 g/mol. The Morgan fingerprint density at radius 1 is 1.07 bits per heavy atom. The zero-order valence-corrected chi connectivity index (χ0v) is 18.1. The predicted molar refractivity (Wildman–Crippen MR) is 118 cm³/mol. The van der Waals surface area contributed by atoms with Gasteiger partial charge in [0.15, 0.2) is 21.7 Å². The van der Waals surface area contributed by atoms with Crippen LogP contribution in [0.2, 0.25) is 5.02 Å². The molecule has 1 N–H and O–H groups in total. The van der Waals surface area contributed by atoms with Crippen LogP contribution in [0.25, 0.3) is 0 Å². The van der Waals surface area contributed by atoms with E-state index in [1.807, 2.05) is 31.2 Å². The summed E-state index contributed by atoms with van der Waals surface area (Å²) < 4.78 is 43.7. The van der Waals surface area contributed by atoms with Crippen molar-refractivity contribution in [3.05, 3.63) is 94.5 Å². The van der Waals surface area contributed by atoms with Gasteiger partial charge in [0.05, 0.1) is 6.04 Å². The van der Waals surface area contributed by atoms with Crippen molar-refractivity contribution in [3.8, 4) is 0 Å². The summed E-state index contributed by atoms with van der Waals surface area (Å²) in [6, 6.07) is 16.6. The van der Waals surface area contributed by atoms with Gasteiger partial charge >= 0.3 is 0 Å². The minimum absolute atomic E-state index is 0.0456. The molecule has 3 aromatic carbocycles. The van der Waals surface area contributed by atoms with Crippen LogP contribution >= 0.6 is 11.6 Å². The number of nitrogens with zero attached hydrogens (tertiary/aromatic N) is 1. The van der Waals surface area contributed by atoms with Crippen molar-refractivity contribution >= 4 is 28.3 Å². The molecule has 0 aliphatic rings. The van der Waals surface area contributed by atoms with E-state index in [1.165, 1.54) is 4.31 Å². The number of halogens is 3. The first kappa shape index (κ1) is 22.4. The van der Waals surface area contributed by atoms with E-state index in [-0.39, 0.29) is 12.3 Å². The third kappa shape index (κ3) is 5.06. The lowest BCUT2D eigenvalue weighted by atomic mass is 9.97. The standard InChI is InChI=1S/C23H22ClF2NO2S/c1-16(21-7-3-2-5-17(21)6-4-14-28)27(23-15-19(25)10-13-22(23)26)30(29)20-11-8-18(24)9-12-20/h2-3,5,7-13,15-16,28H,4,6,14H2,1H3/p+1/t16-,30?/m1/s1. The third-order valence-electron chi connectivity index (χ3n) is 4.87. The lowest BCUT2D eigenvalue weighted by Gasteiger charge is -2.27. The highest BCUT2D eigenvalue weighted by Gasteiger charge is 2.32. The second kappa shape index (κ2) is 10.2. The summed E-state index contributed by atoms with van der Waals surface area (Å²) in [6.07, 6.45) is 1.19. The molecule has 0 aliphatic carbocycles. The first-order valence-corrected chi connectivity index (χ1v) is 11.2. The third-order valence-corrected chi connectivity index (χ3v) is 6.82. The summed E-state index contributed by atoms with van der Waals surface area (Å²) in [5.74, 6) is -1.27. The van der Waals surface area contributed by atoms with Gasteiger partial charge in [0.1, 0.15) is 11.5 Å². The Kier molecular flexibility index (Phi) is 7.58.